The predicted octanol–water partition coefficient (Wildman–Crippen LogP) is 2.79. The molecule has 0 fully saturated rings. The van der Waals surface area contributed by atoms with Crippen molar-refractivity contribution in [2.75, 3.05) is 11.4 Å². The first kappa shape index (κ1) is 14.5. The van der Waals surface area contributed by atoms with Crippen LogP contribution in [-0.4, -0.2) is 17.5 Å². The van der Waals surface area contributed by atoms with Crippen molar-refractivity contribution >= 4 is 11.4 Å². The molecule has 0 spiro atoms. The van der Waals surface area contributed by atoms with E-state index in [2.05, 4.69) is 17.0 Å². The van der Waals surface area contributed by atoms with Gasteiger partial charge in [0.1, 0.15) is 0 Å². The number of rotatable bonds is 3. The molecular formula is C17H19N3O2. The normalized spacial score (nSPS) is 17.2. The molecule has 0 bridgehead atoms. The molecule has 0 saturated heterocycles. The molecule has 2 aromatic rings. The summed E-state index contributed by atoms with van der Waals surface area (Å²) in [6, 6.07) is 13.6. The Morgan fingerprint density at radius 2 is 2.05 bits per heavy atom. The largest absolute Gasteiger partial charge is 0.365 e. The standard InChI is InChI=1S/C17H19N3O2/c1-12-14(6-4-8-16(12)20(21)22)10-19-11-15(18)9-13-5-2-3-7-17(13)19/h2-8,15H,9-11,18H2,1H3. The first-order valence-electron chi connectivity index (χ1n) is 7.37. The molecule has 0 amide bonds. The molecule has 5 nitrogen and oxygen atoms in total. The first-order chi connectivity index (χ1) is 10.6. The SMILES string of the molecule is Cc1c(CN2CC(N)Cc3ccccc32)cccc1[N+](=O)[O-]. The van der Waals surface area contributed by atoms with E-state index >= 15 is 0 Å². The number of nitrogens with zero attached hydrogens (tertiary/aromatic N) is 2. The number of nitro benzene ring substituents is 1. The third-order valence-electron chi connectivity index (χ3n) is 4.24. The zero-order chi connectivity index (χ0) is 15.7. The molecule has 1 heterocycles. The van der Waals surface area contributed by atoms with Gasteiger partial charge in [-0.15, -0.1) is 0 Å². The fourth-order valence-corrected chi connectivity index (χ4v) is 3.11. The van der Waals surface area contributed by atoms with Crippen LogP contribution in [0.1, 0.15) is 16.7 Å². The van der Waals surface area contributed by atoms with Gasteiger partial charge in [0, 0.05) is 36.4 Å². The van der Waals surface area contributed by atoms with Crippen molar-refractivity contribution < 1.29 is 4.92 Å². The molecule has 0 radical (unpaired) electrons. The van der Waals surface area contributed by atoms with Crippen molar-refractivity contribution in [1.82, 2.24) is 0 Å². The van der Waals surface area contributed by atoms with Gasteiger partial charge in [-0.25, -0.2) is 0 Å². The molecule has 1 unspecified atom stereocenters. The highest BCUT2D eigenvalue weighted by atomic mass is 16.6. The van der Waals surface area contributed by atoms with Crippen LogP contribution < -0.4 is 10.6 Å². The van der Waals surface area contributed by atoms with Gasteiger partial charge in [0.05, 0.1) is 4.92 Å². The Hall–Kier alpha value is -2.40. The predicted molar refractivity (Wildman–Crippen MR) is 87.0 cm³/mol. The molecule has 1 aliphatic rings. The van der Waals surface area contributed by atoms with Crippen LogP contribution in [0.3, 0.4) is 0 Å². The Kier molecular flexibility index (Phi) is 3.81. The molecule has 0 saturated carbocycles. The monoisotopic (exact) mass is 297 g/mol. The number of fused-ring (bicyclic) bond motifs is 1. The third kappa shape index (κ3) is 2.67. The molecule has 1 atom stereocenters. The highest BCUT2D eigenvalue weighted by Crippen LogP contribution is 2.29. The van der Waals surface area contributed by atoms with E-state index in [-0.39, 0.29) is 16.7 Å². The number of anilines is 1. The van der Waals surface area contributed by atoms with Gasteiger partial charge < -0.3 is 10.6 Å². The fourth-order valence-electron chi connectivity index (χ4n) is 3.11. The van der Waals surface area contributed by atoms with Crippen molar-refractivity contribution in [2.24, 2.45) is 5.73 Å². The molecule has 22 heavy (non-hydrogen) atoms. The first-order valence-corrected chi connectivity index (χ1v) is 7.37. The van der Waals surface area contributed by atoms with E-state index in [0.29, 0.717) is 6.54 Å². The van der Waals surface area contributed by atoms with Gasteiger partial charge in [-0.1, -0.05) is 30.3 Å². The molecule has 114 valence electrons. The van der Waals surface area contributed by atoms with Crippen molar-refractivity contribution in [2.45, 2.75) is 25.9 Å². The van der Waals surface area contributed by atoms with Crippen LogP contribution in [0, 0.1) is 17.0 Å². The number of nitro groups is 1. The van der Waals surface area contributed by atoms with E-state index in [1.165, 1.54) is 11.3 Å². The lowest BCUT2D eigenvalue weighted by Gasteiger charge is -2.35. The van der Waals surface area contributed by atoms with Crippen LogP contribution in [0.4, 0.5) is 11.4 Å². The van der Waals surface area contributed by atoms with E-state index in [1.807, 2.05) is 25.1 Å². The van der Waals surface area contributed by atoms with Gasteiger partial charge in [0.2, 0.25) is 0 Å². The zero-order valence-corrected chi connectivity index (χ0v) is 12.5. The second-order valence-corrected chi connectivity index (χ2v) is 5.79. The van der Waals surface area contributed by atoms with Gasteiger partial charge in [0.25, 0.3) is 5.69 Å². The number of para-hydroxylation sites is 1. The van der Waals surface area contributed by atoms with Crippen molar-refractivity contribution in [3.63, 3.8) is 0 Å². The van der Waals surface area contributed by atoms with Crippen LogP contribution in [0.2, 0.25) is 0 Å². The summed E-state index contributed by atoms with van der Waals surface area (Å²) >= 11 is 0. The Morgan fingerprint density at radius 1 is 1.27 bits per heavy atom. The van der Waals surface area contributed by atoms with E-state index < -0.39 is 0 Å². The summed E-state index contributed by atoms with van der Waals surface area (Å²) in [5, 5.41) is 11.1. The highest BCUT2D eigenvalue weighted by Gasteiger charge is 2.23. The molecule has 2 aromatic carbocycles. The van der Waals surface area contributed by atoms with Crippen LogP contribution in [-0.2, 0) is 13.0 Å². The molecule has 0 aliphatic carbocycles. The quantitative estimate of drug-likeness (QED) is 0.698. The number of benzene rings is 2. The maximum absolute atomic E-state index is 11.1. The van der Waals surface area contributed by atoms with Gasteiger partial charge in [-0.2, -0.15) is 0 Å². The maximum atomic E-state index is 11.1. The van der Waals surface area contributed by atoms with Gasteiger partial charge in [-0.05, 0) is 30.5 Å². The van der Waals surface area contributed by atoms with Crippen molar-refractivity contribution in [3.05, 3.63) is 69.3 Å². The van der Waals surface area contributed by atoms with E-state index in [9.17, 15) is 10.1 Å². The van der Waals surface area contributed by atoms with E-state index in [0.717, 1.165) is 24.1 Å². The summed E-state index contributed by atoms with van der Waals surface area (Å²) in [4.78, 5) is 13.0. The van der Waals surface area contributed by atoms with Crippen LogP contribution in [0.25, 0.3) is 0 Å². The average Bonchev–Trinajstić information content (AvgIpc) is 2.49. The average molecular weight is 297 g/mol. The summed E-state index contributed by atoms with van der Waals surface area (Å²) < 4.78 is 0. The summed E-state index contributed by atoms with van der Waals surface area (Å²) in [6.45, 7) is 3.21. The minimum atomic E-state index is -0.325. The second-order valence-electron chi connectivity index (χ2n) is 5.79. The highest BCUT2D eigenvalue weighted by molar-refractivity contribution is 5.57. The lowest BCUT2D eigenvalue weighted by molar-refractivity contribution is -0.385. The Balaban J connectivity index is 1.94. The van der Waals surface area contributed by atoms with Crippen LogP contribution in [0.15, 0.2) is 42.5 Å². The number of hydrogen-bond donors (Lipinski definition) is 1. The molecule has 5 heteroatoms. The van der Waals surface area contributed by atoms with Crippen molar-refractivity contribution in [1.29, 1.82) is 0 Å². The smallest absolute Gasteiger partial charge is 0.272 e. The topological polar surface area (TPSA) is 72.4 Å². The van der Waals surface area contributed by atoms with E-state index in [1.54, 1.807) is 12.1 Å². The van der Waals surface area contributed by atoms with Gasteiger partial charge in [0.15, 0.2) is 0 Å². The molecule has 2 N–H and O–H groups in total. The summed E-state index contributed by atoms with van der Waals surface area (Å²) in [5.74, 6) is 0. The summed E-state index contributed by atoms with van der Waals surface area (Å²) in [6.07, 6.45) is 0.876. The zero-order valence-electron chi connectivity index (χ0n) is 12.5. The Labute approximate surface area is 129 Å². The molecule has 3 rings (SSSR count). The molecule has 0 aromatic heterocycles. The third-order valence-corrected chi connectivity index (χ3v) is 4.24. The van der Waals surface area contributed by atoms with Gasteiger partial charge in [-0.3, -0.25) is 10.1 Å². The molecule has 1 aliphatic heterocycles. The van der Waals surface area contributed by atoms with Gasteiger partial charge >= 0.3 is 0 Å². The summed E-state index contributed by atoms with van der Waals surface area (Å²) in [5.41, 5.74) is 10.4. The maximum Gasteiger partial charge on any atom is 0.272 e. The lowest BCUT2D eigenvalue weighted by atomic mass is 9.97. The minimum absolute atomic E-state index is 0.0916. The van der Waals surface area contributed by atoms with Crippen molar-refractivity contribution in [3.8, 4) is 0 Å². The number of hydrogen-bond acceptors (Lipinski definition) is 4. The lowest BCUT2D eigenvalue weighted by Crippen LogP contribution is -2.43. The van der Waals surface area contributed by atoms with E-state index in [4.69, 9.17) is 5.73 Å². The number of nitrogens with two attached hydrogens (primary N) is 1. The van der Waals surface area contributed by atoms with Crippen LogP contribution in [0.5, 0.6) is 0 Å². The Bertz CT molecular complexity index is 715. The summed E-state index contributed by atoms with van der Waals surface area (Å²) in [7, 11) is 0. The second kappa shape index (κ2) is 5.77. The fraction of sp³-hybridized carbons (Fsp3) is 0.294. The minimum Gasteiger partial charge on any atom is -0.365 e. The molecular weight excluding hydrogens is 278 g/mol. The Morgan fingerprint density at radius 3 is 2.82 bits per heavy atom. The van der Waals surface area contributed by atoms with Crippen LogP contribution >= 0.6 is 0 Å².